The highest BCUT2D eigenvalue weighted by Crippen LogP contribution is 2.36. The molecule has 0 radical (unpaired) electrons. The highest BCUT2D eigenvalue weighted by atomic mass is 35.5. The molecule has 0 saturated heterocycles. The number of amides is 2. The Morgan fingerprint density at radius 1 is 0.882 bits per heavy atom. The minimum absolute atomic E-state index is 0.213. The van der Waals surface area contributed by atoms with Gasteiger partial charge in [0.15, 0.2) is 0 Å². The van der Waals surface area contributed by atoms with Crippen LogP contribution in [0.15, 0.2) is 77.9 Å². The first-order chi connectivity index (χ1) is 16.4. The monoisotopic (exact) mass is 511 g/mol. The number of benzene rings is 3. The highest BCUT2D eigenvalue weighted by Gasteiger charge is 2.20. The van der Waals surface area contributed by atoms with Crippen LogP contribution in [-0.2, 0) is 9.59 Å². The van der Waals surface area contributed by atoms with Gasteiger partial charge in [0.25, 0.3) is 0 Å². The lowest BCUT2D eigenvalue weighted by molar-refractivity contribution is -0.136. The number of hydrogen-bond donors (Lipinski definition) is 2. The van der Waals surface area contributed by atoms with Crippen molar-refractivity contribution in [2.45, 2.75) is 0 Å². The van der Waals surface area contributed by atoms with Crippen molar-refractivity contribution in [1.29, 1.82) is 0 Å². The number of carbonyl (C=O) groups excluding carboxylic acids is 3. The number of rotatable bonds is 5. The lowest BCUT2D eigenvalue weighted by atomic mass is 10.2. The SMILES string of the molecule is O=C(NN=Cc1ccccc1OC(=O)c1sc2ccccc2c1Cl)C(=O)Nc1ccc(Cl)cc1. The molecule has 34 heavy (non-hydrogen) atoms. The molecule has 1 heterocycles. The summed E-state index contributed by atoms with van der Waals surface area (Å²) in [4.78, 5) is 37.0. The average molecular weight is 512 g/mol. The first-order valence-corrected chi connectivity index (χ1v) is 11.4. The van der Waals surface area contributed by atoms with E-state index in [9.17, 15) is 14.4 Å². The van der Waals surface area contributed by atoms with Gasteiger partial charge in [0, 0.05) is 26.4 Å². The number of anilines is 1. The molecule has 4 aromatic rings. The molecular formula is C24H15Cl2N3O4S. The van der Waals surface area contributed by atoms with Gasteiger partial charge in [-0.15, -0.1) is 11.3 Å². The minimum atomic E-state index is -0.974. The third-order valence-electron chi connectivity index (χ3n) is 4.52. The molecule has 0 unspecified atom stereocenters. The van der Waals surface area contributed by atoms with Crippen molar-refractivity contribution < 1.29 is 19.1 Å². The largest absolute Gasteiger partial charge is 0.422 e. The van der Waals surface area contributed by atoms with E-state index >= 15 is 0 Å². The zero-order valence-electron chi connectivity index (χ0n) is 17.2. The molecule has 2 amide bonds. The van der Waals surface area contributed by atoms with Crippen LogP contribution in [0.1, 0.15) is 15.2 Å². The predicted octanol–water partition coefficient (Wildman–Crippen LogP) is 5.52. The second kappa shape index (κ2) is 10.5. The lowest BCUT2D eigenvalue weighted by Gasteiger charge is -2.07. The third-order valence-corrected chi connectivity index (χ3v) is 6.43. The van der Waals surface area contributed by atoms with Gasteiger partial charge < -0.3 is 10.1 Å². The second-order valence-electron chi connectivity index (χ2n) is 6.83. The number of carbonyl (C=O) groups is 3. The van der Waals surface area contributed by atoms with E-state index in [1.807, 2.05) is 24.3 Å². The van der Waals surface area contributed by atoms with Crippen molar-refractivity contribution in [3.63, 3.8) is 0 Å². The number of fused-ring (bicyclic) bond motifs is 1. The van der Waals surface area contributed by atoms with E-state index in [0.717, 1.165) is 10.1 Å². The van der Waals surface area contributed by atoms with Crippen LogP contribution in [0, 0.1) is 0 Å². The van der Waals surface area contributed by atoms with Gasteiger partial charge in [-0.3, -0.25) is 9.59 Å². The zero-order valence-corrected chi connectivity index (χ0v) is 19.6. The standard InChI is InChI=1S/C24H15Cl2N3O4S/c25-15-9-11-16(12-10-15)28-22(30)23(31)29-27-13-14-5-1-3-7-18(14)33-24(32)21-20(26)17-6-2-4-8-19(17)34-21/h1-13H,(H,28,30)(H,29,31). The Morgan fingerprint density at radius 3 is 2.35 bits per heavy atom. The number of hydrogen-bond acceptors (Lipinski definition) is 6. The van der Waals surface area contributed by atoms with Crippen LogP contribution in [0.2, 0.25) is 10.0 Å². The number of halogens is 2. The van der Waals surface area contributed by atoms with E-state index in [1.165, 1.54) is 17.6 Å². The molecule has 0 aliphatic carbocycles. The normalized spacial score (nSPS) is 10.9. The molecule has 0 bridgehead atoms. The van der Waals surface area contributed by atoms with Crippen LogP contribution in [0.5, 0.6) is 5.75 Å². The van der Waals surface area contributed by atoms with E-state index in [1.54, 1.807) is 48.5 Å². The Bertz CT molecular complexity index is 1420. The number of hydrazone groups is 1. The molecule has 0 atom stereocenters. The van der Waals surface area contributed by atoms with Crippen molar-refractivity contribution in [3.05, 3.63) is 93.3 Å². The Labute approximate surface area is 207 Å². The van der Waals surface area contributed by atoms with E-state index in [2.05, 4.69) is 15.8 Å². The molecule has 3 aromatic carbocycles. The lowest BCUT2D eigenvalue weighted by Crippen LogP contribution is -2.32. The fraction of sp³-hybridized carbons (Fsp3) is 0. The summed E-state index contributed by atoms with van der Waals surface area (Å²) in [6, 6.07) is 20.3. The molecule has 2 N–H and O–H groups in total. The van der Waals surface area contributed by atoms with Gasteiger partial charge in [0.05, 0.1) is 11.2 Å². The Kier molecular flexibility index (Phi) is 7.22. The first kappa shape index (κ1) is 23.4. The zero-order chi connectivity index (χ0) is 24.1. The van der Waals surface area contributed by atoms with Crippen molar-refractivity contribution in [2.24, 2.45) is 5.10 Å². The van der Waals surface area contributed by atoms with E-state index in [4.69, 9.17) is 27.9 Å². The number of nitrogens with one attached hydrogen (secondary N) is 2. The molecular weight excluding hydrogens is 497 g/mol. The Balaban J connectivity index is 1.42. The maximum atomic E-state index is 12.8. The molecule has 170 valence electrons. The molecule has 0 spiro atoms. The van der Waals surface area contributed by atoms with Gasteiger partial charge in [-0.25, -0.2) is 10.2 Å². The summed E-state index contributed by atoms with van der Waals surface area (Å²) in [7, 11) is 0. The molecule has 0 saturated carbocycles. The van der Waals surface area contributed by atoms with Gasteiger partial charge in [-0.1, -0.05) is 53.5 Å². The van der Waals surface area contributed by atoms with E-state index < -0.39 is 17.8 Å². The van der Waals surface area contributed by atoms with Crippen LogP contribution in [0.25, 0.3) is 10.1 Å². The summed E-state index contributed by atoms with van der Waals surface area (Å²) < 4.78 is 6.40. The van der Waals surface area contributed by atoms with Crippen LogP contribution >= 0.6 is 34.5 Å². The minimum Gasteiger partial charge on any atom is -0.422 e. The molecule has 10 heteroatoms. The van der Waals surface area contributed by atoms with Gasteiger partial charge >= 0.3 is 17.8 Å². The summed E-state index contributed by atoms with van der Waals surface area (Å²) in [5, 5.41) is 7.82. The quantitative estimate of drug-likeness (QED) is 0.121. The topological polar surface area (TPSA) is 96.9 Å². The van der Waals surface area contributed by atoms with Crippen molar-refractivity contribution >= 4 is 74.3 Å². The molecule has 4 rings (SSSR count). The maximum absolute atomic E-state index is 12.8. The molecule has 0 fully saturated rings. The first-order valence-electron chi connectivity index (χ1n) is 9.80. The van der Waals surface area contributed by atoms with Crippen molar-refractivity contribution in [3.8, 4) is 5.75 Å². The summed E-state index contributed by atoms with van der Waals surface area (Å²) in [5.74, 6) is -2.28. The summed E-state index contributed by atoms with van der Waals surface area (Å²) in [5.41, 5.74) is 2.95. The number of thiophene rings is 1. The number of ether oxygens (including phenoxy) is 1. The Hall–Kier alpha value is -3.72. The second-order valence-corrected chi connectivity index (χ2v) is 8.70. The van der Waals surface area contributed by atoms with E-state index in [-0.39, 0.29) is 10.6 Å². The molecule has 0 aliphatic rings. The fourth-order valence-electron chi connectivity index (χ4n) is 2.90. The van der Waals surface area contributed by atoms with Gasteiger partial charge in [-0.05, 0) is 42.5 Å². The molecule has 1 aromatic heterocycles. The third kappa shape index (κ3) is 5.43. The molecule has 0 aliphatic heterocycles. The number of nitrogens with zero attached hydrogens (tertiary/aromatic N) is 1. The maximum Gasteiger partial charge on any atom is 0.355 e. The van der Waals surface area contributed by atoms with Crippen LogP contribution in [0.3, 0.4) is 0 Å². The van der Waals surface area contributed by atoms with Crippen molar-refractivity contribution in [1.82, 2.24) is 5.43 Å². The molecule has 7 nitrogen and oxygen atoms in total. The summed E-state index contributed by atoms with van der Waals surface area (Å²) in [6.45, 7) is 0. The van der Waals surface area contributed by atoms with Crippen LogP contribution in [0.4, 0.5) is 5.69 Å². The number of para-hydroxylation sites is 1. The summed E-state index contributed by atoms with van der Waals surface area (Å²) in [6.07, 6.45) is 1.27. The van der Waals surface area contributed by atoms with Crippen molar-refractivity contribution in [2.75, 3.05) is 5.32 Å². The number of esters is 1. The van der Waals surface area contributed by atoms with Crippen LogP contribution < -0.4 is 15.5 Å². The smallest absolute Gasteiger partial charge is 0.355 e. The van der Waals surface area contributed by atoms with Gasteiger partial charge in [0.2, 0.25) is 0 Å². The average Bonchev–Trinajstić information content (AvgIpc) is 3.18. The fourth-order valence-corrected chi connectivity index (χ4v) is 4.41. The Morgan fingerprint density at radius 2 is 1.59 bits per heavy atom. The summed E-state index contributed by atoms with van der Waals surface area (Å²) >= 11 is 13.4. The van der Waals surface area contributed by atoms with Crippen LogP contribution in [-0.4, -0.2) is 24.0 Å². The van der Waals surface area contributed by atoms with E-state index in [0.29, 0.717) is 21.3 Å². The predicted molar refractivity (Wildman–Crippen MR) is 134 cm³/mol. The van der Waals surface area contributed by atoms with Gasteiger partial charge in [0.1, 0.15) is 10.6 Å². The van der Waals surface area contributed by atoms with Gasteiger partial charge in [-0.2, -0.15) is 5.10 Å². The highest BCUT2D eigenvalue weighted by molar-refractivity contribution is 7.21.